The van der Waals surface area contributed by atoms with Gasteiger partial charge in [-0.25, -0.2) is 0 Å². The molecule has 1 aliphatic heterocycles. The van der Waals surface area contributed by atoms with Crippen molar-refractivity contribution < 1.29 is 50.0 Å². The molecule has 0 aromatic heterocycles. The van der Waals surface area contributed by atoms with E-state index in [1.165, 1.54) is 38.5 Å². The first-order chi connectivity index (χ1) is 24.2. The maximum absolute atomic E-state index is 13.0. The van der Waals surface area contributed by atoms with Crippen molar-refractivity contribution in [3.63, 3.8) is 0 Å². The van der Waals surface area contributed by atoms with E-state index < -0.39 is 74.2 Å². The molecule has 0 radical (unpaired) electrons. The molecule has 0 aromatic carbocycles. The second kappa shape index (κ2) is 29.9. The summed E-state index contributed by atoms with van der Waals surface area (Å²) >= 11 is 0. The van der Waals surface area contributed by atoms with Gasteiger partial charge in [-0.05, 0) is 64.2 Å². The van der Waals surface area contributed by atoms with Gasteiger partial charge in [0.25, 0.3) is 0 Å². The van der Waals surface area contributed by atoms with Crippen molar-refractivity contribution in [1.82, 2.24) is 5.32 Å². The van der Waals surface area contributed by atoms with Gasteiger partial charge in [-0.15, -0.1) is 0 Å². The number of allylic oxidation sites excluding steroid dienone is 6. The molecule has 9 atom stereocenters. The van der Waals surface area contributed by atoms with E-state index in [1.54, 1.807) is 0 Å². The number of hydrogen-bond donors (Lipinski definition) is 8. The van der Waals surface area contributed by atoms with Crippen LogP contribution in [-0.2, 0) is 14.3 Å². The number of rotatable bonds is 30. The fourth-order valence-electron chi connectivity index (χ4n) is 5.84. The first-order valence-electron chi connectivity index (χ1n) is 19.4. The molecule has 9 unspecified atom stereocenters. The third-order valence-corrected chi connectivity index (χ3v) is 9.19. The van der Waals surface area contributed by atoms with E-state index in [4.69, 9.17) is 9.47 Å². The number of unbranched alkanes of at least 4 members (excludes halogenated alkanes) is 13. The van der Waals surface area contributed by atoms with Crippen LogP contribution in [0.3, 0.4) is 0 Å². The minimum absolute atomic E-state index is 0.234. The van der Waals surface area contributed by atoms with Crippen molar-refractivity contribution in [2.24, 2.45) is 0 Å². The molecule has 50 heavy (non-hydrogen) atoms. The molecule has 0 aliphatic carbocycles. The van der Waals surface area contributed by atoms with Crippen LogP contribution in [0.1, 0.15) is 136 Å². The Kier molecular flexibility index (Phi) is 27.7. The lowest BCUT2D eigenvalue weighted by molar-refractivity contribution is -0.303. The van der Waals surface area contributed by atoms with Crippen molar-refractivity contribution in [1.29, 1.82) is 0 Å². The summed E-state index contributed by atoms with van der Waals surface area (Å²) in [6.45, 7) is 3.29. The molecule has 1 saturated heterocycles. The first-order valence-corrected chi connectivity index (χ1v) is 19.4. The maximum atomic E-state index is 13.0. The first kappa shape index (κ1) is 46.4. The van der Waals surface area contributed by atoms with Crippen LogP contribution in [0.4, 0.5) is 0 Å². The molecule has 0 spiro atoms. The Morgan fingerprint density at radius 1 is 0.700 bits per heavy atom. The third kappa shape index (κ3) is 20.4. The van der Waals surface area contributed by atoms with Crippen molar-refractivity contribution in [2.75, 3.05) is 13.2 Å². The number of amides is 1. The van der Waals surface area contributed by atoms with Gasteiger partial charge in [-0.2, -0.15) is 0 Å². The average molecular weight is 714 g/mol. The predicted molar refractivity (Wildman–Crippen MR) is 196 cm³/mol. The highest BCUT2D eigenvalue weighted by atomic mass is 16.7. The lowest BCUT2D eigenvalue weighted by atomic mass is 9.98. The van der Waals surface area contributed by atoms with E-state index in [0.29, 0.717) is 12.8 Å². The van der Waals surface area contributed by atoms with Crippen LogP contribution >= 0.6 is 0 Å². The molecule has 8 N–H and O–H groups in total. The average Bonchev–Trinajstić information content (AvgIpc) is 3.11. The lowest BCUT2D eigenvalue weighted by Gasteiger charge is -2.40. The van der Waals surface area contributed by atoms with Crippen molar-refractivity contribution in [3.8, 4) is 0 Å². The van der Waals surface area contributed by atoms with Crippen molar-refractivity contribution in [2.45, 2.75) is 191 Å². The summed E-state index contributed by atoms with van der Waals surface area (Å²) in [4.78, 5) is 13.0. The molecule has 292 valence electrons. The molecular weight excluding hydrogens is 642 g/mol. The zero-order valence-corrected chi connectivity index (χ0v) is 30.9. The van der Waals surface area contributed by atoms with E-state index in [-0.39, 0.29) is 12.8 Å². The Morgan fingerprint density at radius 3 is 1.88 bits per heavy atom. The Morgan fingerprint density at radius 2 is 1.24 bits per heavy atom. The van der Waals surface area contributed by atoms with Gasteiger partial charge in [0.2, 0.25) is 5.91 Å². The molecular formula is C39H71NO10. The molecule has 0 saturated carbocycles. The molecule has 1 fully saturated rings. The van der Waals surface area contributed by atoms with E-state index in [2.05, 4.69) is 55.6 Å². The molecule has 11 nitrogen and oxygen atoms in total. The van der Waals surface area contributed by atoms with E-state index >= 15 is 0 Å². The lowest BCUT2D eigenvalue weighted by Crippen LogP contribution is -2.60. The third-order valence-electron chi connectivity index (χ3n) is 9.19. The molecule has 0 bridgehead atoms. The maximum Gasteiger partial charge on any atom is 0.249 e. The van der Waals surface area contributed by atoms with E-state index in [0.717, 1.165) is 57.8 Å². The van der Waals surface area contributed by atoms with Crippen LogP contribution in [-0.4, -0.2) is 110 Å². The van der Waals surface area contributed by atoms with Gasteiger partial charge < -0.3 is 50.5 Å². The van der Waals surface area contributed by atoms with Crippen LogP contribution in [0.25, 0.3) is 0 Å². The molecule has 1 rings (SSSR count). The smallest absolute Gasteiger partial charge is 0.249 e. The van der Waals surface area contributed by atoms with Crippen LogP contribution in [0, 0.1) is 0 Å². The largest absolute Gasteiger partial charge is 0.394 e. The summed E-state index contributed by atoms with van der Waals surface area (Å²) in [6, 6.07) is -1.19. The van der Waals surface area contributed by atoms with Gasteiger partial charge in [0.15, 0.2) is 6.29 Å². The summed E-state index contributed by atoms with van der Waals surface area (Å²) < 4.78 is 11.0. The summed E-state index contributed by atoms with van der Waals surface area (Å²) in [7, 11) is 0. The Hall–Kier alpha value is -1.67. The number of aliphatic hydroxyl groups is 7. The predicted octanol–water partition coefficient (Wildman–Crippen LogP) is 4.49. The normalized spacial score (nSPS) is 23.9. The molecule has 0 aromatic rings. The van der Waals surface area contributed by atoms with Gasteiger partial charge in [0.1, 0.15) is 36.6 Å². The highest BCUT2D eigenvalue weighted by Gasteiger charge is 2.44. The van der Waals surface area contributed by atoms with Crippen molar-refractivity contribution >= 4 is 5.91 Å². The number of carbonyl (C=O) groups is 1. The van der Waals surface area contributed by atoms with Gasteiger partial charge in [0, 0.05) is 0 Å². The minimum Gasteiger partial charge on any atom is -0.394 e. The summed E-state index contributed by atoms with van der Waals surface area (Å²) in [6.07, 6.45) is 19.3. The fraction of sp³-hybridized carbons (Fsp3) is 0.821. The van der Waals surface area contributed by atoms with E-state index in [9.17, 15) is 40.5 Å². The summed E-state index contributed by atoms with van der Waals surface area (Å²) in [5, 5.41) is 75.0. The van der Waals surface area contributed by atoms with Crippen LogP contribution in [0.15, 0.2) is 36.5 Å². The summed E-state index contributed by atoms with van der Waals surface area (Å²) in [5.74, 6) is -0.724. The van der Waals surface area contributed by atoms with E-state index in [1.807, 2.05) is 0 Å². The SMILES string of the molecule is CCCCC/C=C\C=C/CCCCCCCC(O)C(=O)NC(COC1OC(CO)C(O)C(O)C1O)C(O)C(O)CCC/C=C/CCCCCC. The van der Waals surface area contributed by atoms with Gasteiger partial charge >= 0.3 is 0 Å². The molecule has 1 aliphatic rings. The minimum atomic E-state index is -1.67. The molecule has 11 heteroatoms. The zero-order chi connectivity index (χ0) is 37.0. The highest BCUT2D eigenvalue weighted by molar-refractivity contribution is 5.80. The Bertz CT molecular complexity index is 913. The van der Waals surface area contributed by atoms with Crippen LogP contribution < -0.4 is 5.32 Å². The topological polar surface area (TPSA) is 189 Å². The number of aliphatic hydroxyl groups excluding tert-OH is 7. The van der Waals surface area contributed by atoms with Gasteiger partial charge in [-0.3, -0.25) is 4.79 Å². The van der Waals surface area contributed by atoms with Crippen LogP contribution in [0.2, 0.25) is 0 Å². The fourth-order valence-corrected chi connectivity index (χ4v) is 5.84. The number of carbonyl (C=O) groups excluding carboxylic acids is 1. The number of ether oxygens (including phenoxy) is 2. The monoisotopic (exact) mass is 714 g/mol. The Balaban J connectivity index is 2.59. The zero-order valence-electron chi connectivity index (χ0n) is 30.9. The second-order valence-electron chi connectivity index (χ2n) is 13.7. The van der Waals surface area contributed by atoms with Crippen molar-refractivity contribution in [3.05, 3.63) is 36.5 Å². The standard InChI is InChI=1S/C39H71NO10/c1-3-5-7-9-11-13-14-15-16-17-19-21-23-25-27-32(43)38(48)40-30(29-49-39-37(47)36(46)35(45)33(28-41)50-39)34(44)31(42)26-24-22-20-18-12-10-8-6-4-2/h11,13-15,18,20,30-37,39,41-47H,3-10,12,16-17,19,21-29H2,1-2H3,(H,40,48)/b13-11-,15-14-,20-18+. The quantitative estimate of drug-likeness (QED) is 0.0299. The Labute approximate surface area is 301 Å². The van der Waals surface area contributed by atoms with Gasteiger partial charge in [-0.1, -0.05) is 108 Å². The summed E-state index contributed by atoms with van der Waals surface area (Å²) in [5.41, 5.74) is 0. The number of nitrogens with one attached hydrogen (secondary N) is 1. The number of hydrogen-bond acceptors (Lipinski definition) is 10. The van der Waals surface area contributed by atoms with Gasteiger partial charge in [0.05, 0.1) is 25.4 Å². The van der Waals surface area contributed by atoms with Crippen LogP contribution in [0.5, 0.6) is 0 Å². The molecule has 1 amide bonds. The second-order valence-corrected chi connectivity index (χ2v) is 13.7. The molecule has 1 heterocycles. The highest BCUT2D eigenvalue weighted by Crippen LogP contribution is 2.23.